The number of fused-ring (bicyclic) bond motifs is 1. The summed E-state index contributed by atoms with van der Waals surface area (Å²) in [5.74, 6) is 0.0536. The fourth-order valence-corrected chi connectivity index (χ4v) is 3.41. The zero-order valence-corrected chi connectivity index (χ0v) is 20.9. The zero-order valence-electron chi connectivity index (χ0n) is 20.9. The number of benzene rings is 1. The highest BCUT2D eigenvalue weighted by molar-refractivity contribution is 5.85. The average molecular weight is 499 g/mol. The van der Waals surface area contributed by atoms with Crippen LogP contribution in [0.3, 0.4) is 0 Å². The van der Waals surface area contributed by atoms with Crippen molar-refractivity contribution >= 4 is 17.6 Å². The smallest absolute Gasteiger partial charge is 0.409 e. The van der Waals surface area contributed by atoms with E-state index in [1.807, 2.05) is 30.3 Å². The Bertz CT molecular complexity index is 1140. The molecule has 0 spiro atoms. The van der Waals surface area contributed by atoms with Crippen molar-refractivity contribution in [3.8, 4) is 0 Å². The summed E-state index contributed by atoms with van der Waals surface area (Å²) in [6, 6.07) is 14.4. The lowest BCUT2D eigenvalue weighted by Gasteiger charge is -2.24. The Kier molecular flexibility index (Phi) is 9.34. The van der Waals surface area contributed by atoms with Crippen molar-refractivity contribution in [2.24, 2.45) is 5.73 Å². The molecule has 0 saturated heterocycles. The molecule has 36 heavy (non-hydrogen) atoms. The van der Waals surface area contributed by atoms with Crippen LogP contribution in [0.2, 0.25) is 0 Å². The number of carbonyl (C=O) groups excluding carboxylic acids is 2. The molecule has 0 radical (unpaired) electrons. The van der Waals surface area contributed by atoms with Crippen molar-refractivity contribution in [1.29, 1.82) is 0 Å². The summed E-state index contributed by atoms with van der Waals surface area (Å²) < 4.78 is 13.1. The van der Waals surface area contributed by atoms with Crippen molar-refractivity contribution in [2.75, 3.05) is 26.8 Å². The number of aliphatic hydroxyl groups excluding tert-OH is 1. The van der Waals surface area contributed by atoms with Crippen LogP contribution in [0.15, 0.2) is 48.5 Å². The van der Waals surface area contributed by atoms with Crippen molar-refractivity contribution in [2.45, 2.75) is 45.1 Å². The lowest BCUT2D eigenvalue weighted by molar-refractivity contribution is -0.126. The molecule has 0 saturated carbocycles. The summed E-state index contributed by atoms with van der Waals surface area (Å²) in [5, 5.41) is 20.4. The molecule has 11 heteroatoms. The number of amides is 2. The van der Waals surface area contributed by atoms with E-state index in [0.717, 1.165) is 5.56 Å². The van der Waals surface area contributed by atoms with Gasteiger partial charge in [-0.3, -0.25) is 9.20 Å². The monoisotopic (exact) mass is 498 g/mol. The number of rotatable bonds is 12. The van der Waals surface area contributed by atoms with Crippen molar-refractivity contribution in [3.05, 3.63) is 65.6 Å². The average Bonchev–Trinajstić information content (AvgIpc) is 3.30. The summed E-state index contributed by atoms with van der Waals surface area (Å²) in [7, 11) is 1.60. The number of aliphatic hydroxyl groups is 1. The van der Waals surface area contributed by atoms with Crippen molar-refractivity contribution in [3.63, 3.8) is 0 Å². The minimum absolute atomic E-state index is 0.0138. The van der Waals surface area contributed by atoms with Crippen LogP contribution in [-0.2, 0) is 27.5 Å². The molecule has 2 heterocycles. The van der Waals surface area contributed by atoms with Gasteiger partial charge in [-0.15, -0.1) is 10.2 Å². The van der Waals surface area contributed by atoms with Crippen LogP contribution < -0.4 is 11.1 Å². The maximum Gasteiger partial charge on any atom is 0.409 e. The number of nitrogens with two attached hydrogens (primary N) is 1. The number of aromatic nitrogens is 3. The van der Waals surface area contributed by atoms with Crippen LogP contribution >= 0.6 is 0 Å². The predicted octanol–water partition coefficient (Wildman–Crippen LogP) is 1.79. The molecule has 0 aliphatic rings. The zero-order chi connectivity index (χ0) is 26.1. The van der Waals surface area contributed by atoms with Gasteiger partial charge < -0.3 is 30.5 Å². The van der Waals surface area contributed by atoms with E-state index >= 15 is 0 Å². The Morgan fingerprint density at radius 3 is 2.58 bits per heavy atom. The van der Waals surface area contributed by atoms with Gasteiger partial charge in [-0.25, -0.2) is 4.79 Å². The van der Waals surface area contributed by atoms with Crippen LogP contribution in [0.1, 0.15) is 43.4 Å². The summed E-state index contributed by atoms with van der Waals surface area (Å²) in [4.78, 5) is 26.5. The molecule has 0 unspecified atom stereocenters. The topological polar surface area (TPSA) is 144 Å². The van der Waals surface area contributed by atoms with E-state index in [-0.39, 0.29) is 25.7 Å². The van der Waals surface area contributed by atoms with Crippen LogP contribution in [0.4, 0.5) is 4.79 Å². The molecule has 194 valence electrons. The van der Waals surface area contributed by atoms with Crippen molar-refractivity contribution in [1.82, 2.24) is 24.8 Å². The Labute approximate surface area is 210 Å². The SMILES string of the molecule is CN(CCCO)C(=O)OCc1cccc2nnc([C@@H](COCc3ccccc3)NC(=O)C(C)(C)N)n12. The number of carbonyl (C=O) groups is 2. The summed E-state index contributed by atoms with van der Waals surface area (Å²) in [6.07, 6.45) is -0.0606. The van der Waals surface area contributed by atoms with Crippen LogP contribution in [-0.4, -0.2) is 69.0 Å². The molecule has 1 atom stereocenters. The Hall–Kier alpha value is -3.54. The van der Waals surface area contributed by atoms with Gasteiger partial charge in [0.1, 0.15) is 12.6 Å². The van der Waals surface area contributed by atoms with Gasteiger partial charge >= 0.3 is 6.09 Å². The van der Waals surface area contributed by atoms with Crippen molar-refractivity contribution < 1.29 is 24.2 Å². The molecule has 1 aromatic carbocycles. The molecule has 0 bridgehead atoms. The highest BCUT2D eigenvalue weighted by Gasteiger charge is 2.28. The molecule has 2 aromatic heterocycles. The van der Waals surface area contributed by atoms with Crippen LogP contribution in [0, 0.1) is 0 Å². The van der Waals surface area contributed by atoms with E-state index in [1.165, 1.54) is 4.90 Å². The Morgan fingerprint density at radius 1 is 1.14 bits per heavy atom. The third-order valence-corrected chi connectivity index (χ3v) is 5.44. The molecule has 0 aliphatic carbocycles. The van der Waals surface area contributed by atoms with Gasteiger partial charge in [0, 0.05) is 20.2 Å². The van der Waals surface area contributed by atoms with E-state index < -0.39 is 17.7 Å². The van der Waals surface area contributed by atoms with Gasteiger partial charge in [0.25, 0.3) is 0 Å². The number of pyridine rings is 1. The van der Waals surface area contributed by atoms with Gasteiger partial charge in [0.2, 0.25) is 5.91 Å². The number of ether oxygens (including phenoxy) is 2. The first kappa shape index (κ1) is 27.1. The molecule has 11 nitrogen and oxygen atoms in total. The highest BCUT2D eigenvalue weighted by atomic mass is 16.6. The molecule has 0 fully saturated rings. The largest absolute Gasteiger partial charge is 0.443 e. The summed E-state index contributed by atoms with van der Waals surface area (Å²) >= 11 is 0. The van der Waals surface area contributed by atoms with Gasteiger partial charge in [-0.05, 0) is 38.0 Å². The molecule has 4 N–H and O–H groups in total. The minimum atomic E-state index is -1.12. The van der Waals surface area contributed by atoms with E-state index in [2.05, 4.69) is 15.5 Å². The summed E-state index contributed by atoms with van der Waals surface area (Å²) in [6.45, 7) is 4.02. The van der Waals surface area contributed by atoms with Crippen LogP contribution in [0.25, 0.3) is 5.65 Å². The fraction of sp³-hybridized carbons (Fsp3) is 0.440. The first-order valence-corrected chi connectivity index (χ1v) is 11.7. The van der Waals surface area contributed by atoms with E-state index in [0.29, 0.717) is 36.7 Å². The second kappa shape index (κ2) is 12.4. The number of hydrogen-bond donors (Lipinski definition) is 3. The van der Waals surface area contributed by atoms with Gasteiger partial charge in [0.05, 0.1) is 24.4 Å². The fourth-order valence-electron chi connectivity index (χ4n) is 3.41. The lowest BCUT2D eigenvalue weighted by atomic mass is 10.1. The second-order valence-electron chi connectivity index (χ2n) is 9.07. The normalized spacial score (nSPS) is 12.4. The Morgan fingerprint density at radius 2 is 1.89 bits per heavy atom. The predicted molar refractivity (Wildman–Crippen MR) is 133 cm³/mol. The van der Waals surface area contributed by atoms with Gasteiger partial charge in [-0.2, -0.15) is 0 Å². The van der Waals surface area contributed by atoms with E-state index in [1.54, 1.807) is 43.5 Å². The third kappa shape index (κ3) is 7.23. The maximum absolute atomic E-state index is 12.8. The highest BCUT2D eigenvalue weighted by Crippen LogP contribution is 2.19. The molecule has 2 amide bonds. The quantitative estimate of drug-likeness (QED) is 0.343. The molecular formula is C25H34N6O5. The second-order valence-corrected chi connectivity index (χ2v) is 9.07. The van der Waals surface area contributed by atoms with Gasteiger partial charge in [-0.1, -0.05) is 36.4 Å². The Balaban J connectivity index is 1.83. The minimum Gasteiger partial charge on any atom is -0.443 e. The molecule has 0 aliphatic heterocycles. The van der Waals surface area contributed by atoms with E-state index in [9.17, 15) is 9.59 Å². The molecule has 3 rings (SSSR count). The van der Waals surface area contributed by atoms with Crippen LogP contribution in [0.5, 0.6) is 0 Å². The number of hydrogen-bond acceptors (Lipinski definition) is 8. The first-order chi connectivity index (χ1) is 17.2. The number of nitrogens with one attached hydrogen (secondary N) is 1. The third-order valence-electron chi connectivity index (χ3n) is 5.44. The lowest BCUT2D eigenvalue weighted by Crippen LogP contribution is -2.51. The summed E-state index contributed by atoms with van der Waals surface area (Å²) in [5.41, 5.74) is 7.04. The standard InChI is InChI=1S/C25H34N6O5/c1-25(2,26)23(33)27-20(17-35-15-18-9-5-4-6-10-18)22-29-28-21-12-7-11-19(31(21)22)16-36-24(34)30(3)13-8-14-32/h4-7,9-12,20,32H,8,13-17,26H2,1-3H3,(H,27,33)/t20-/m1/s1. The van der Waals surface area contributed by atoms with E-state index in [4.69, 9.17) is 20.3 Å². The van der Waals surface area contributed by atoms with Gasteiger partial charge in [0.15, 0.2) is 11.5 Å². The first-order valence-electron chi connectivity index (χ1n) is 11.7. The maximum atomic E-state index is 12.8. The number of nitrogens with zero attached hydrogens (tertiary/aromatic N) is 4. The molecule has 3 aromatic rings. The molecular weight excluding hydrogens is 464 g/mol.